The number of carbonyl (C=O) groups excluding carboxylic acids is 1. The molecular formula is C27H37N5O3S2. The molecule has 0 atom stereocenters. The van der Waals surface area contributed by atoms with Crippen molar-refractivity contribution in [3.05, 3.63) is 53.8 Å². The maximum atomic E-state index is 13.4. The van der Waals surface area contributed by atoms with E-state index >= 15 is 0 Å². The first-order chi connectivity index (χ1) is 17.6. The third-order valence-corrected chi connectivity index (χ3v) is 8.74. The van der Waals surface area contributed by atoms with E-state index in [1.165, 1.54) is 25.3 Å². The number of aromatic nitrogens is 1. The standard InChI is InChI=1S/C27H37N5O3S2/c1-27(2,3)32-37(34,35)24-18-21(31-26(33)29-17-11-6-5-10-16-28-4)14-15-22(24)23-19-30-25(36-23)20-12-8-7-9-13-20/h5-6,10,14-16,18-20,32H,4,7-9,11-13,17H2,1-3H3,(H2,29,31,33)/b6-5-,16-10-. The minimum Gasteiger partial charge on any atom is -0.338 e. The summed E-state index contributed by atoms with van der Waals surface area (Å²) in [5.41, 5.74) is 0.306. The predicted molar refractivity (Wildman–Crippen MR) is 153 cm³/mol. The summed E-state index contributed by atoms with van der Waals surface area (Å²) >= 11 is 1.56. The minimum absolute atomic E-state index is 0.115. The van der Waals surface area contributed by atoms with Crippen molar-refractivity contribution in [2.24, 2.45) is 4.99 Å². The number of benzene rings is 1. The highest BCUT2D eigenvalue weighted by atomic mass is 32.2. The third kappa shape index (κ3) is 8.91. The van der Waals surface area contributed by atoms with Crippen LogP contribution >= 0.6 is 11.3 Å². The maximum absolute atomic E-state index is 13.4. The lowest BCUT2D eigenvalue weighted by Gasteiger charge is -2.22. The topological polar surface area (TPSA) is 113 Å². The maximum Gasteiger partial charge on any atom is 0.319 e. The number of carbonyl (C=O) groups is 1. The lowest BCUT2D eigenvalue weighted by atomic mass is 9.90. The van der Waals surface area contributed by atoms with Gasteiger partial charge in [0.15, 0.2) is 0 Å². The van der Waals surface area contributed by atoms with Crippen molar-refractivity contribution >= 4 is 39.8 Å². The fourth-order valence-electron chi connectivity index (χ4n) is 4.16. The molecule has 8 nitrogen and oxygen atoms in total. The van der Waals surface area contributed by atoms with E-state index in [1.807, 2.05) is 12.2 Å². The molecule has 0 bridgehead atoms. The van der Waals surface area contributed by atoms with Crippen LogP contribution < -0.4 is 15.4 Å². The van der Waals surface area contributed by atoms with Crippen LogP contribution in [0.25, 0.3) is 10.4 Å². The summed E-state index contributed by atoms with van der Waals surface area (Å²) in [6.07, 6.45) is 15.4. The number of hydrogen-bond donors (Lipinski definition) is 3. The molecule has 37 heavy (non-hydrogen) atoms. The van der Waals surface area contributed by atoms with Crippen LogP contribution in [0.5, 0.6) is 0 Å². The molecule has 1 aliphatic rings. The van der Waals surface area contributed by atoms with Gasteiger partial charge in [0.1, 0.15) is 0 Å². The van der Waals surface area contributed by atoms with E-state index in [2.05, 4.69) is 32.0 Å². The number of nitrogens with one attached hydrogen (secondary N) is 3. The Bertz CT molecular complexity index is 1240. The average molecular weight is 544 g/mol. The van der Waals surface area contributed by atoms with Gasteiger partial charge in [0, 0.05) is 41.6 Å². The zero-order valence-electron chi connectivity index (χ0n) is 21.8. The number of anilines is 1. The number of aliphatic imine (C=N–C) groups is 1. The SMILES string of the molecule is C=N/C=C\C=C/CCNC(=O)Nc1ccc(-c2cnc(C3CCCCC3)s2)c(S(=O)(=O)NC(C)(C)C)c1. The molecule has 0 aliphatic heterocycles. The molecule has 1 aromatic heterocycles. The van der Waals surface area contributed by atoms with E-state index < -0.39 is 21.6 Å². The zero-order valence-corrected chi connectivity index (χ0v) is 23.4. The summed E-state index contributed by atoms with van der Waals surface area (Å²) in [6, 6.07) is 4.57. The van der Waals surface area contributed by atoms with Gasteiger partial charge in [-0.1, -0.05) is 37.5 Å². The molecule has 1 aliphatic carbocycles. The highest BCUT2D eigenvalue weighted by Gasteiger charge is 2.27. The number of allylic oxidation sites excluding steroid dienone is 2. The van der Waals surface area contributed by atoms with E-state index in [0.29, 0.717) is 30.1 Å². The summed E-state index contributed by atoms with van der Waals surface area (Å²) in [5.74, 6) is 0.439. The molecule has 3 rings (SSSR count). The van der Waals surface area contributed by atoms with E-state index in [1.54, 1.807) is 62.7 Å². The fourth-order valence-corrected chi connectivity index (χ4v) is 7.02. The van der Waals surface area contributed by atoms with Crippen LogP contribution in [0.3, 0.4) is 0 Å². The van der Waals surface area contributed by atoms with Gasteiger partial charge in [0.05, 0.1) is 14.8 Å². The number of nitrogens with zero attached hydrogens (tertiary/aromatic N) is 2. The van der Waals surface area contributed by atoms with E-state index in [9.17, 15) is 13.2 Å². The summed E-state index contributed by atoms with van der Waals surface area (Å²) in [6.45, 7) is 9.18. The predicted octanol–water partition coefficient (Wildman–Crippen LogP) is 6.22. The molecule has 0 saturated heterocycles. The van der Waals surface area contributed by atoms with Crippen LogP contribution in [0.15, 0.2) is 58.7 Å². The smallest absolute Gasteiger partial charge is 0.319 e. The molecule has 200 valence electrons. The molecule has 1 aromatic carbocycles. The number of sulfonamides is 1. The number of amides is 2. The second-order valence-electron chi connectivity index (χ2n) is 10.1. The quantitative estimate of drug-likeness (QED) is 0.188. The van der Waals surface area contributed by atoms with Gasteiger partial charge in [-0.05, 0) is 65.0 Å². The van der Waals surface area contributed by atoms with E-state index in [-0.39, 0.29) is 4.90 Å². The molecular weight excluding hydrogens is 506 g/mol. The summed E-state index contributed by atoms with van der Waals surface area (Å²) in [7, 11) is -3.87. The van der Waals surface area contributed by atoms with Gasteiger partial charge in [-0.3, -0.25) is 4.99 Å². The molecule has 1 saturated carbocycles. The van der Waals surface area contributed by atoms with Crippen LogP contribution in [-0.4, -0.2) is 38.2 Å². The summed E-state index contributed by atoms with van der Waals surface area (Å²) in [5, 5.41) is 6.58. The largest absolute Gasteiger partial charge is 0.338 e. The van der Waals surface area contributed by atoms with Gasteiger partial charge in [0.25, 0.3) is 0 Å². The second-order valence-corrected chi connectivity index (χ2v) is 12.8. The molecule has 0 spiro atoms. The summed E-state index contributed by atoms with van der Waals surface area (Å²) in [4.78, 5) is 21.6. The van der Waals surface area contributed by atoms with Crippen LogP contribution in [0.1, 0.15) is 70.2 Å². The highest BCUT2D eigenvalue weighted by molar-refractivity contribution is 7.89. The third-order valence-electron chi connectivity index (χ3n) is 5.75. The monoisotopic (exact) mass is 543 g/mol. The Morgan fingerprint density at radius 2 is 1.97 bits per heavy atom. The van der Waals surface area contributed by atoms with Gasteiger partial charge < -0.3 is 10.6 Å². The van der Waals surface area contributed by atoms with Crippen molar-refractivity contribution in [2.75, 3.05) is 11.9 Å². The molecule has 1 heterocycles. The summed E-state index contributed by atoms with van der Waals surface area (Å²) < 4.78 is 29.6. The average Bonchev–Trinajstić information content (AvgIpc) is 3.33. The molecule has 3 N–H and O–H groups in total. The van der Waals surface area contributed by atoms with Crippen molar-refractivity contribution < 1.29 is 13.2 Å². The van der Waals surface area contributed by atoms with Crippen LogP contribution in [-0.2, 0) is 10.0 Å². The lowest BCUT2D eigenvalue weighted by Crippen LogP contribution is -2.40. The van der Waals surface area contributed by atoms with Gasteiger partial charge in [-0.25, -0.2) is 22.9 Å². The lowest BCUT2D eigenvalue weighted by molar-refractivity contribution is 0.252. The second kappa shape index (κ2) is 13.1. The molecule has 10 heteroatoms. The van der Waals surface area contributed by atoms with Crippen molar-refractivity contribution in [3.63, 3.8) is 0 Å². The molecule has 1 fully saturated rings. The Balaban J connectivity index is 1.81. The van der Waals surface area contributed by atoms with Crippen molar-refractivity contribution in [3.8, 4) is 10.4 Å². The first kappa shape index (κ1) is 28.7. The van der Waals surface area contributed by atoms with Crippen molar-refractivity contribution in [2.45, 2.75) is 75.6 Å². The number of thiazole rings is 1. The first-order valence-corrected chi connectivity index (χ1v) is 14.9. The Labute approximate surface area is 224 Å². The normalized spacial score (nSPS) is 15.3. The van der Waals surface area contributed by atoms with Crippen LogP contribution in [0, 0.1) is 0 Å². The van der Waals surface area contributed by atoms with Crippen LogP contribution in [0.2, 0.25) is 0 Å². The zero-order chi connectivity index (χ0) is 26.9. The minimum atomic E-state index is -3.87. The van der Waals surface area contributed by atoms with Gasteiger partial charge >= 0.3 is 6.03 Å². The molecule has 2 aromatic rings. The number of urea groups is 1. The fraction of sp³-hybridized carbons (Fsp3) is 0.444. The van der Waals surface area contributed by atoms with Gasteiger partial charge in [0.2, 0.25) is 10.0 Å². The Morgan fingerprint density at radius 3 is 2.68 bits per heavy atom. The Kier molecular flexibility index (Phi) is 10.2. The Morgan fingerprint density at radius 1 is 1.22 bits per heavy atom. The molecule has 0 radical (unpaired) electrons. The molecule has 2 amide bonds. The Hall–Kier alpha value is -2.82. The first-order valence-electron chi connectivity index (χ1n) is 12.6. The number of hydrogen-bond acceptors (Lipinski definition) is 6. The van der Waals surface area contributed by atoms with Gasteiger partial charge in [-0.2, -0.15) is 0 Å². The van der Waals surface area contributed by atoms with Crippen LogP contribution in [0.4, 0.5) is 10.5 Å². The van der Waals surface area contributed by atoms with E-state index in [4.69, 9.17) is 0 Å². The number of rotatable bonds is 10. The van der Waals surface area contributed by atoms with Crippen molar-refractivity contribution in [1.29, 1.82) is 0 Å². The van der Waals surface area contributed by atoms with Gasteiger partial charge in [-0.15, -0.1) is 11.3 Å². The highest BCUT2D eigenvalue weighted by Crippen LogP contribution is 2.39. The van der Waals surface area contributed by atoms with E-state index in [0.717, 1.165) is 22.7 Å². The molecule has 0 unspecified atom stereocenters. The van der Waals surface area contributed by atoms with Crippen molar-refractivity contribution in [1.82, 2.24) is 15.0 Å².